The van der Waals surface area contributed by atoms with Crippen molar-refractivity contribution in [2.24, 2.45) is 0 Å². The molecule has 0 radical (unpaired) electrons. The molecule has 3 aromatic rings. The fraction of sp³-hybridized carbons (Fsp3) is 0.0909. The summed E-state index contributed by atoms with van der Waals surface area (Å²) in [7, 11) is 0. The van der Waals surface area contributed by atoms with Crippen LogP contribution in [-0.2, 0) is 11.3 Å². The number of rotatable bonds is 5. The van der Waals surface area contributed by atoms with Crippen LogP contribution in [0.1, 0.15) is 27.0 Å². The summed E-state index contributed by atoms with van der Waals surface area (Å²) >= 11 is 0. The number of hydrogen-bond acceptors (Lipinski definition) is 4. The van der Waals surface area contributed by atoms with Crippen LogP contribution in [-0.4, -0.2) is 22.2 Å². The standard InChI is InChI=1S/C22H18N2O3/c25-22(26)18-10-8-17(9-11-18)21-20(16-6-2-1-3-7-16)19(27-24-21)13-15-5-4-12-23-14-15/h1-12,14,19,24H,13H2,(H,25,26). The van der Waals surface area contributed by atoms with Gasteiger partial charge in [-0.3, -0.25) is 15.3 Å². The van der Waals surface area contributed by atoms with E-state index in [1.54, 1.807) is 30.5 Å². The number of pyridine rings is 1. The predicted octanol–water partition coefficient (Wildman–Crippen LogP) is 3.79. The zero-order valence-electron chi connectivity index (χ0n) is 14.5. The van der Waals surface area contributed by atoms with E-state index in [0.29, 0.717) is 6.42 Å². The van der Waals surface area contributed by atoms with Gasteiger partial charge in [-0.25, -0.2) is 4.79 Å². The number of carboxylic acids is 1. The van der Waals surface area contributed by atoms with Gasteiger partial charge in [-0.1, -0.05) is 48.5 Å². The maximum atomic E-state index is 11.1. The molecule has 1 aliphatic heterocycles. The molecule has 1 unspecified atom stereocenters. The Morgan fingerprint density at radius 3 is 2.44 bits per heavy atom. The van der Waals surface area contributed by atoms with E-state index in [0.717, 1.165) is 28.0 Å². The summed E-state index contributed by atoms with van der Waals surface area (Å²) in [5, 5.41) is 9.12. The number of aromatic nitrogens is 1. The first-order valence-corrected chi connectivity index (χ1v) is 8.66. The maximum Gasteiger partial charge on any atom is 0.335 e. The number of nitrogens with zero attached hydrogens (tertiary/aromatic N) is 1. The molecule has 27 heavy (non-hydrogen) atoms. The lowest BCUT2D eigenvalue weighted by molar-refractivity contribution is 0.0557. The average molecular weight is 358 g/mol. The van der Waals surface area contributed by atoms with Gasteiger partial charge in [0.15, 0.2) is 0 Å². The Labute approximate surface area is 156 Å². The van der Waals surface area contributed by atoms with Gasteiger partial charge in [0.25, 0.3) is 0 Å². The molecule has 0 spiro atoms. The predicted molar refractivity (Wildman–Crippen MR) is 103 cm³/mol. The van der Waals surface area contributed by atoms with E-state index < -0.39 is 5.97 Å². The van der Waals surface area contributed by atoms with Gasteiger partial charge in [-0.2, -0.15) is 0 Å². The number of benzene rings is 2. The molecule has 134 valence electrons. The molecule has 0 aliphatic carbocycles. The zero-order chi connectivity index (χ0) is 18.6. The van der Waals surface area contributed by atoms with Crippen molar-refractivity contribution in [2.45, 2.75) is 12.5 Å². The normalized spacial score (nSPS) is 16.2. The minimum absolute atomic E-state index is 0.175. The van der Waals surface area contributed by atoms with Crippen LogP contribution in [0.3, 0.4) is 0 Å². The summed E-state index contributed by atoms with van der Waals surface area (Å²) in [5.74, 6) is -0.941. The topological polar surface area (TPSA) is 71.5 Å². The summed E-state index contributed by atoms with van der Waals surface area (Å²) in [6, 6.07) is 20.8. The Balaban J connectivity index is 1.75. The maximum absolute atomic E-state index is 11.1. The smallest absolute Gasteiger partial charge is 0.335 e. The van der Waals surface area contributed by atoms with Crippen LogP contribution >= 0.6 is 0 Å². The molecule has 0 fully saturated rings. The lowest BCUT2D eigenvalue weighted by Gasteiger charge is -2.13. The molecule has 0 saturated carbocycles. The molecular weight excluding hydrogens is 340 g/mol. The first kappa shape index (κ1) is 17.0. The largest absolute Gasteiger partial charge is 0.478 e. The van der Waals surface area contributed by atoms with E-state index in [4.69, 9.17) is 9.94 Å². The third kappa shape index (κ3) is 3.59. The summed E-state index contributed by atoms with van der Waals surface area (Å²) in [5.41, 5.74) is 8.24. The SMILES string of the molecule is O=C(O)c1ccc(C2=C(c3ccccc3)C(Cc3cccnc3)ON2)cc1. The Morgan fingerprint density at radius 2 is 1.78 bits per heavy atom. The summed E-state index contributed by atoms with van der Waals surface area (Å²) in [6.07, 6.45) is 4.10. The molecule has 1 aromatic heterocycles. The molecule has 2 aromatic carbocycles. The molecule has 1 atom stereocenters. The van der Waals surface area contributed by atoms with Crippen LogP contribution in [0.4, 0.5) is 0 Å². The number of nitrogens with one attached hydrogen (secondary N) is 1. The molecular formula is C22H18N2O3. The minimum atomic E-state index is -0.941. The van der Waals surface area contributed by atoms with E-state index in [9.17, 15) is 4.79 Å². The highest BCUT2D eigenvalue weighted by Crippen LogP contribution is 2.35. The molecule has 5 nitrogen and oxygen atoms in total. The summed E-state index contributed by atoms with van der Waals surface area (Å²) < 4.78 is 0. The number of carboxylic acid groups (broad SMARTS) is 1. The van der Waals surface area contributed by atoms with Gasteiger partial charge in [0.2, 0.25) is 0 Å². The minimum Gasteiger partial charge on any atom is -0.478 e. The van der Waals surface area contributed by atoms with Crippen molar-refractivity contribution in [1.29, 1.82) is 0 Å². The molecule has 0 saturated heterocycles. The van der Waals surface area contributed by atoms with E-state index in [-0.39, 0.29) is 11.7 Å². The van der Waals surface area contributed by atoms with Gasteiger partial charge >= 0.3 is 5.97 Å². The van der Waals surface area contributed by atoms with E-state index >= 15 is 0 Å². The quantitative estimate of drug-likeness (QED) is 0.726. The number of aromatic carboxylic acids is 1. The summed E-state index contributed by atoms with van der Waals surface area (Å²) in [6.45, 7) is 0. The van der Waals surface area contributed by atoms with E-state index in [2.05, 4.69) is 10.5 Å². The van der Waals surface area contributed by atoms with Crippen molar-refractivity contribution in [3.8, 4) is 0 Å². The molecule has 0 bridgehead atoms. The molecule has 4 rings (SSSR count). The van der Waals surface area contributed by atoms with Gasteiger partial charge in [0, 0.05) is 30.0 Å². The highest BCUT2D eigenvalue weighted by atomic mass is 16.7. The highest BCUT2D eigenvalue weighted by molar-refractivity contribution is 5.94. The fourth-order valence-corrected chi connectivity index (χ4v) is 3.22. The van der Waals surface area contributed by atoms with Crippen LogP contribution in [0.5, 0.6) is 0 Å². The Bertz CT molecular complexity index is 967. The lowest BCUT2D eigenvalue weighted by atomic mass is 9.92. The second-order valence-electron chi connectivity index (χ2n) is 6.31. The van der Waals surface area contributed by atoms with Crippen molar-refractivity contribution in [2.75, 3.05) is 0 Å². The first-order chi connectivity index (χ1) is 13.2. The van der Waals surface area contributed by atoms with Crippen molar-refractivity contribution in [3.05, 3.63) is 101 Å². The number of hydroxylamine groups is 1. The Hall–Kier alpha value is -3.44. The second-order valence-corrected chi connectivity index (χ2v) is 6.31. The van der Waals surface area contributed by atoms with Crippen LogP contribution in [0.15, 0.2) is 79.1 Å². The van der Waals surface area contributed by atoms with Crippen molar-refractivity contribution < 1.29 is 14.7 Å². The fourth-order valence-electron chi connectivity index (χ4n) is 3.22. The van der Waals surface area contributed by atoms with Crippen LogP contribution < -0.4 is 5.48 Å². The molecule has 5 heteroatoms. The zero-order valence-corrected chi connectivity index (χ0v) is 14.5. The van der Waals surface area contributed by atoms with Crippen molar-refractivity contribution in [3.63, 3.8) is 0 Å². The molecule has 2 heterocycles. The Kier molecular flexibility index (Phi) is 4.68. The van der Waals surface area contributed by atoms with Crippen LogP contribution in [0.2, 0.25) is 0 Å². The first-order valence-electron chi connectivity index (χ1n) is 8.66. The second kappa shape index (κ2) is 7.43. The van der Waals surface area contributed by atoms with E-state index in [1.807, 2.05) is 48.7 Å². The van der Waals surface area contributed by atoms with E-state index in [1.165, 1.54) is 0 Å². The molecule has 1 aliphatic rings. The van der Waals surface area contributed by atoms with Gasteiger partial charge in [0.05, 0.1) is 11.3 Å². The molecule has 2 N–H and O–H groups in total. The van der Waals surface area contributed by atoms with Crippen molar-refractivity contribution in [1.82, 2.24) is 10.5 Å². The lowest BCUT2D eigenvalue weighted by Crippen LogP contribution is -2.16. The number of carbonyl (C=O) groups is 1. The van der Waals surface area contributed by atoms with Crippen LogP contribution in [0, 0.1) is 0 Å². The Morgan fingerprint density at radius 1 is 1.00 bits per heavy atom. The highest BCUT2D eigenvalue weighted by Gasteiger charge is 2.29. The van der Waals surface area contributed by atoms with Gasteiger partial charge < -0.3 is 5.11 Å². The average Bonchev–Trinajstić information content (AvgIpc) is 3.13. The van der Waals surface area contributed by atoms with Gasteiger partial charge in [0.1, 0.15) is 6.10 Å². The van der Waals surface area contributed by atoms with Gasteiger partial charge in [-0.15, -0.1) is 0 Å². The monoisotopic (exact) mass is 358 g/mol. The third-order valence-corrected chi connectivity index (χ3v) is 4.54. The van der Waals surface area contributed by atoms with Crippen molar-refractivity contribution >= 4 is 17.2 Å². The third-order valence-electron chi connectivity index (χ3n) is 4.54. The van der Waals surface area contributed by atoms with Gasteiger partial charge in [-0.05, 0) is 29.3 Å². The van der Waals surface area contributed by atoms with Crippen LogP contribution in [0.25, 0.3) is 11.3 Å². The molecule has 0 amide bonds. The number of hydrogen-bond donors (Lipinski definition) is 2. The summed E-state index contributed by atoms with van der Waals surface area (Å²) in [4.78, 5) is 21.2.